The molecular formula is C18H13F3N2O5. The first-order valence-corrected chi connectivity index (χ1v) is 7.87. The van der Waals surface area contributed by atoms with Crippen molar-refractivity contribution >= 4 is 5.78 Å². The summed E-state index contributed by atoms with van der Waals surface area (Å²) in [4.78, 5) is 24.3. The van der Waals surface area contributed by atoms with Crippen molar-refractivity contribution in [1.29, 1.82) is 0 Å². The van der Waals surface area contributed by atoms with Crippen LogP contribution >= 0.6 is 0 Å². The van der Waals surface area contributed by atoms with E-state index in [9.17, 15) is 22.8 Å². The highest BCUT2D eigenvalue weighted by Gasteiger charge is 2.17. The summed E-state index contributed by atoms with van der Waals surface area (Å²) >= 11 is 0. The first-order chi connectivity index (χ1) is 13.4. The lowest BCUT2D eigenvalue weighted by Crippen LogP contribution is -2.21. The zero-order valence-electron chi connectivity index (χ0n) is 14.4. The molecule has 1 heterocycles. The largest absolute Gasteiger partial charge is 0.493 e. The van der Waals surface area contributed by atoms with E-state index >= 15 is 0 Å². The maximum Gasteiger partial charge on any atom is 0.437 e. The molecule has 0 saturated heterocycles. The molecule has 0 fully saturated rings. The van der Waals surface area contributed by atoms with E-state index < -0.39 is 30.5 Å². The molecule has 0 atom stereocenters. The molecule has 0 aliphatic heterocycles. The number of carbonyl (C=O) groups is 1. The fourth-order valence-electron chi connectivity index (χ4n) is 2.38. The van der Waals surface area contributed by atoms with Gasteiger partial charge in [0.25, 0.3) is 0 Å². The minimum Gasteiger partial charge on any atom is -0.493 e. The number of alkyl halides is 2. The summed E-state index contributed by atoms with van der Waals surface area (Å²) in [6.07, 6.45) is 0. The van der Waals surface area contributed by atoms with Crippen molar-refractivity contribution < 1.29 is 31.9 Å². The van der Waals surface area contributed by atoms with E-state index in [0.29, 0.717) is 5.56 Å². The van der Waals surface area contributed by atoms with Gasteiger partial charge in [-0.25, -0.2) is 9.18 Å². The van der Waals surface area contributed by atoms with Gasteiger partial charge in [0.1, 0.15) is 12.4 Å². The van der Waals surface area contributed by atoms with E-state index in [-0.39, 0.29) is 23.0 Å². The number of ether oxygens (including phenoxy) is 2. The molecule has 0 unspecified atom stereocenters. The van der Waals surface area contributed by atoms with Gasteiger partial charge in [-0.05, 0) is 42.5 Å². The molecule has 0 amide bonds. The molecule has 7 nitrogen and oxygen atoms in total. The Bertz CT molecular complexity index is 1040. The summed E-state index contributed by atoms with van der Waals surface area (Å²) < 4.78 is 52.7. The van der Waals surface area contributed by atoms with Crippen molar-refractivity contribution in [2.24, 2.45) is 0 Å². The van der Waals surface area contributed by atoms with Crippen LogP contribution in [0.4, 0.5) is 13.2 Å². The minimum absolute atomic E-state index is 0.0642. The molecule has 146 valence electrons. The van der Waals surface area contributed by atoms with Crippen LogP contribution in [-0.2, 0) is 6.54 Å². The Kier molecular flexibility index (Phi) is 5.48. The Labute approximate surface area is 155 Å². The second-order valence-electron chi connectivity index (χ2n) is 5.50. The number of Topliss-reactive ketones (excluding diaryl/α,β-unsaturated/α-hetero) is 1. The molecule has 1 aromatic heterocycles. The van der Waals surface area contributed by atoms with E-state index in [1.54, 1.807) is 0 Å². The van der Waals surface area contributed by atoms with Crippen LogP contribution in [0.5, 0.6) is 11.5 Å². The average Bonchev–Trinajstić information content (AvgIpc) is 3.02. The van der Waals surface area contributed by atoms with Crippen LogP contribution in [0.15, 0.2) is 51.7 Å². The second kappa shape index (κ2) is 7.99. The maximum absolute atomic E-state index is 13.0. The zero-order chi connectivity index (χ0) is 20.3. The van der Waals surface area contributed by atoms with E-state index in [0.717, 1.165) is 10.7 Å². The summed E-state index contributed by atoms with van der Waals surface area (Å²) in [5.74, 6) is -2.25. The Morgan fingerprint density at radius 2 is 1.89 bits per heavy atom. The number of hydrogen-bond donors (Lipinski definition) is 0. The number of aromatic nitrogens is 2. The molecule has 0 saturated carbocycles. The normalized spacial score (nSPS) is 10.9. The molecule has 0 spiro atoms. The van der Waals surface area contributed by atoms with Crippen LogP contribution in [0.25, 0.3) is 11.5 Å². The monoisotopic (exact) mass is 394 g/mol. The van der Waals surface area contributed by atoms with Gasteiger partial charge in [0.15, 0.2) is 17.3 Å². The highest BCUT2D eigenvalue weighted by molar-refractivity contribution is 5.96. The van der Waals surface area contributed by atoms with Gasteiger partial charge >= 0.3 is 12.4 Å². The second-order valence-corrected chi connectivity index (χ2v) is 5.50. The highest BCUT2D eigenvalue weighted by Crippen LogP contribution is 2.29. The fourth-order valence-corrected chi connectivity index (χ4v) is 2.38. The van der Waals surface area contributed by atoms with Gasteiger partial charge in [-0.15, -0.1) is 5.10 Å². The number of rotatable bonds is 7. The van der Waals surface area contributed by atoms with Crippen molar-refractivity contribution in [3.8, 4) is 23.0 Å². The van der Waals surface area contributed by atoms with E-state index in [4.69, 9.17) is 9.15 Å². The predicted octanol–water partition coefficient (Wildman–Crippen LogP) is 3.14. The Balaban J connectivity index is 1.81. The van der Waals surface area contributed by atoms with Crippen LogP contribution in [0.3, 0.4) is 0 Å². The number of hydrogen-bond acceptors (Lipinski definition) is 6. The number of ketones is 1. The van der Waals surface area contributed by atoms with E-state index in [1.165, 1.54) is 43.5 Å². The Morgan fingerprint density at radius 1 is 1.18 bits per heavy atom. The zero-order valence-corrected chi connectivity index (χ0v) is 14.4. The smallest absolute Gasteiger partial charge is 0.437 e. The summed E-state index contributed by atoms with van der Waals surface area (Å²) in [6, 6.07) is 8.73. The lowest BCUT2D eigenvalue weighted by atomic mass is 10.1. The average molecular weight is 394 g/mol. The van der Waals surface area contributed by atoms with Crippen molar-refractivity contribution in [2.75, 3.05) is 7.11 Å². The van der Waals surface area contributed by atoms with Gasteiger partial charge in [0.05, 0.1) is 7.11 Å². The fraction of sp³-hybridized carbons (Fsp3) is 0.167. The van der Waals surface area contributed by atoms with Gasteiger partial charge in [-0.1, -0.05) is 0 Å². The van der Waals surface area contributed by atoms with Crippen LogP contribution in [0.2, 0.25) is 0 Å². The highest BCUT2D eigenvalue weighted by atomic mass is 19.3. The molecule has 0 N–H and O–H groups in total. The lowest BCUT2D eigenvalue weighted by molar-refractivity contribution is -0.0512. The van der Waals surface area contributed by atoms with Crippen LogP contribution in [0, 0.1) is 5.82 Å². The predicted molar refractivity (Wildman–Crippen MR) is 90.1 cm³/mol. The van der Waals surface area contributed by atoms with Crippen molar-refractivity contribution in [3.63, 3.8) is 0 Å². The molecule has 0 aliphatic carbocycles. The minimum atomic E-state index is -3.05. The summed E-state index contributed by atoms with van der Waals surface area (Å²) in [7, 11) is 1.24. The van der Waals surface area contributed by atoms with Gasteiger partial charge < -0.3 is 13.9 Å². The van der Waals surface area contributed by atoms with Crippen molar-refractivity contribution in [2.45, 2.75) is 13.2 Å². The first-order valence-electron chi connectivity index (χ1n) is 7.87. The lowest BCUT2D eigenvalue weighted by Gasteiger charge is -2.10. The van der Waals surface area contributed by atoms with Gasteiger partial charge in [0, 0.05) is 11.1 Å². The van der Waals surface area contributed by atoms with E-state index in [2.05, 4.69) is 9.84 Å². The number of methoxy groups -OCH3 is 1. The first kappa shape index (κ1) is 19.2. The van der Waals surface area contributed by atoms with Crippen molar-refractivity contribution in [1.82, 2.24) is 9.78 Å². The van der Waals surface area contributed by atoms with Gasteiger partial charge in [-0.3, -0.25) is 4.79 Å². The number of carbonyl (C=O) groups excluding carboxylic acids is 1. The van der Waals surface area contributed by atoms with E-state index in [1.807, 2.05) is 0 Å². The standard InChI is InChI=1S/C18H13F3N2O5/c1-26-15-8-11(4-7-14(15)27-17(20)21)13(24)9-23-18(25)28-16(22-23)10-2-5-12(19)6-3-10/h2-8,17H,9H2,1H3. The quantitative estimate of drug-likeness (QED) is 0.573. The van der Waals surface area contributed by atoms with Gasteiger partial charge in [-0.2, -0.15) is 13.5 Å². The molecule has 0 bridgehead atoms. The third kappa shape index (κ3) is 4.22. The van der Waals surface area contributed by atoms with Crippen LogP contribution < -0.4 is 15.2 Å². The number of halogens is 3. The summed E-state index contributed by atoms with van der Waals surface area (Å²) in [5.41, 5.74) is 0.455. The SMILES string of the molecule is COc1cc(C(=O)Cn2nc(-c3ccc(F)cc3)oc2=O)ccc1OC(F)F. The van der Waals surface area contributed by atoms with Gasteiger partial charge in [0.2, 0.25) is 5.89 Å². The third-order valence-electron chi connectivity index (χ3n) is 3.69. The number of nitrogens with zero attached hydrogens (tertiary/aromatic N) is 2. The third-order valence-corrected chi connectivity index (χ3v) is 3.69. The topological polar surface area (TPSA) is 83.6 Å². The summed E-state index contributed by atoms with van der Waals surface area (Å²) in [5, 5.41) is 3.91. The molecular weight excluding hydrogens is 381 g/mol. The van der Waals surface area contributed by atoms with Crippen molar-refractivity contribution in [3.05, 3.63) is 64.4 Å². The Hall–Kier alpha value is -3.56. The molecule has 2 aromatic carbocycles. The molecule has 3 rings (SSSR count). The molecule has 28 heavy (non-hydrogen) atoms. The Morgan fingerprint density at radius 3 is 2.54 bits per heavy atom. The van der Waals surface area contributed by atoms with Crippen LogP contribution in [0.1, 0.15) is 10.4 Å². The summed E-state index contributed by atoms with van der Waals surface area (Å²) in [6.45, 7) is -3.50. The molecule has 0 radical (unpaired) electrons. The molecule has 10 heteroatoms. The maximum atomic E-state index is 13.0. The number of benzene rings is 2. The molecule has 3 aromatic rings. The molecule has 0 aliphatic rings. The van der Waals surface area contributed by atoms with Crippen LogP contribution in [-0.4, -0.2) is 29.3 Å².